The van der Waals surface area contributed by atoms with Crippen LogP contribution in [0, 0.1) is 0 Å². The number of nitrogens with one attached hydrogen (secondary N) is 2. The third kappa shape index (κ3) is 17.2. The van der Waals surface area contributed by atoms with Crippen LogP contribution < -0.4 is 10.6 Å². The van der Waals surface area contributed by atoms with E-state index in [1.54, 1.807) is 4.90 Å². The Balaban J connectivity index is 0.000000209. The van der Waals surface area contributed by atoms with Gasteiger partial charge in [0, 0.05) is 91.6 Å². The Kier molecular flexibility index (Phi) is 21.2. The molecule has 0 aromatic carbocycles. The van der Waals surface area contributed by atoms with Crippen LogP contribution in [0.3, 0.4) is 0 Å². The van der Waals surface area contributed by atoms with Crippen LogP contribution in [0.1, 0.15) is 22.8 Å². The minimum atomic E-state index is 0.120. The summed E-state index contributed by atoms with van der Waals surface area (Å²) in [5.74, 6) is 0.395. The number of amides is 3. The lowest BCUT2D eigenvalue weighted by atomic mass is 10.2. The van der Waals surface area contributed by atoms with Gasteiger partial charge >= 0.3 is 0 Å². The van der Waals surface area contributed by atoms with E-state index in [0.717, 1.165) is 75.3 Å². The molecule has 0 unspecified atom stereocenters. The summed E-state index contributed by atoms with van der Waals surface area (Å²) in [4.78, 5) is 55.6. The molecule has 322 valence electrons. The van der Waals surface area contributed by atoms with E-state index in [-0.39, 0.29) is 17.7 Å². The molecule has 17 nitrogen and oxygen atoms in total. The second-order valence-corrected chi connectivity index (χ2v) is 14.9. The quantitative estimate of drug-likeness (QED) is 0.385. The minimum absolute atomic E-state index is 0.120. The maximum absolute atomic E-state index is 12.8. The number of hydrogen-bond donors (Lipinski definition) is 2. The van der Waals surface area contributed by atoms with Crippen molar-refractivity contribution in [1.29, 1.82) is 0 Å². The summed E-state index contributed by atoms with van der Waals surface area (Å²) in [5.41, 5.74) is 4.02. The third-order valence-corrected chi connectivity index (χ3v) is 10.5. The van der Waals surface area contributed by atoms with E-state index in [1.165, 1.54) is 0 Å². The van der Waals surface area contributed by atoms with E-state index in [1.807, 2.05) is 40.1 Å². The molecule has 58 heavy (non-hydrogen) atoms. The fraction of sp³-hybridized carbons (Fsp3) is 0.675. The number of rotatable bonds is 5. The lowest BCUT2D eigenvalue weighted by Crippen LogP contribution is -2.47. The van der Waals surface area contributed by atoms with E-state index >= 15 is 0 Å². The van der Waals surface area contributed by atoms with Gasteiger partial charge in [0.15, 0.2) is 0 Å². The van der Waals surface area contributed by atoms with Crippen LogP contribution in [0.2, 0.25) is 0 Å². The molecule has 0 saturated carbocycles. The van der Waals surface area contributed by atoms with Gasteiger partial charge in [-0.3, -0.25) is 34.2 Å². The first-order valence-corrected chi connectivity index (χ1v) is 21.6. The molecular weight excluding hydrogens is 814 g/mol. The van der Waals surface area contributed by atoms with Crippen molar-refractivity contribution in [3.8, 4) is 0 Å². The summed E-state index contributed by atoms with van der Waals surface area (Å²) < 4.78 is 27.1. The van der Waals surface area contributed by atoms with Gasteiger partial charge in [-0.05, 0) is 24.3 Å². The van der Waals surface area contributed by atoms with E-state index in [4.69, 9.17) is 28.7 Å². The summed E-state index contributed by atoms with van der Waals surface area (Å²) in [6.07, 6.45) is 0. The summed E-state index contributed by atoms with van der Waals surface area (Å²) in [7, 11) is 0. The first-order chi connectivity index (χ1) is 28.5. The van der Waals surface area contributed by atoms with Gasteiger partial charge in [-0.15, -0.1) is 0 Å². The van der Waals surface area contributed by atoms with Crippen LogP contribution >= 0.6 is 15.9 Å². The molecule has 3 amide bonds. The normalized spacial score (nSPS) is 20.6. The van der Waals surface area contributed by atoms with Gasteiger partial charge in [0.05, 0.1) is 107 Å². The number of aromatic nitrogens is 2. The molecule has 0 atom stereocenters. The molecule has 7 rings (SSSR count). The molecule has 7 heterocycles. The monoisotopic (exact) mass is 875 g/mol. The second kappa shape index (κ2) is 26.8. The molecule has 2 N–H and O–H groups in total. The molecule has 3 saturated heterocycles. The number of halogens is 1. The lowest BCUT2D eigenvalue weighted by Gasteiger charge is -2.31. The van der Waals surface area contributed by atoms with Gasteiger partial charge in [-0.25, -0.2) is 0 Å². The molecule has 2 aromatic heterocycles. The Morgan fingerprint density at radius 3 is 1.26 bits per heavy atom. The third-order valence-electron chi connectivity index (χ3n) is 9.99. The van der Waals surface area contributed by atoms with Crippen molar-refractivity contribution in [2.75, 3.05) is 150 Å². The van der Waals surface area contributed by atoms with Crippen LogP contribution in [0.15, 0.2) is 36.4 Å². The molecule has 5 aliphatic heterocycles. The van der Waals surface area contributed by atoms with Gasteiger partial charge in [-0.2, -0.15) is 0 Å². The highest BCUT2D eigenvalue weighted by Gasteiger charge is 2.23. The van der Waals surface area contributed by atoms with E-state index in [0.29, 0.717) is 124 Å². The summed E-state index contributed by atoms with van der Waals surface area (Å²) in [5, 5.41) is 7.03. The van der Waals surface area contributed by atoms with Crippen LogP contribution in [0.4, 0.5) is 0 Å². The van der Waals surface area contributed by atoms with Gasteiger partial charge in [-0.1, -0.05) is 28.1 Å². The smallest absolute Gasteiger partial charge is 0.236 e. The minimum Gasteiger partial charge on any atom is -0.379 e. The van der Waals surface area contributed by atoms with Crippen molar-refractivity contribution in [3.05, 3.63) is 59.2 Å². The van der Waals surface area contributed by atoms with Crippen LogP contribution in [0.25, 0.3) is 0 Å². The molecule has 3 fully saturated rings. The largest absolute Gasteiger partial charge is 0.379 e. The zero-order valence-electron chi connectivity index (χ0n) is 33.8. The Labute approximate surface area is 351 Å². The number of alkyl halides is 1. The molecule has 0 radical (unpaired) electrons. The number of carbonyl (C=O) groups excluding carboxylic acids is 3. The predicted molar refractivity (Wildman–Crippen MR) is 220 cm³/mol. The fourth-order valence-corrected chi connectivity index (χ4v) is 7.09. The number of ether oxygens (including phenoxy) is 5. The Hall–Kier alpha value is -3.17. The molecule has 0 aliphatic carbocycles. The first-order valence-electron chi connectivity index (χ1n) is 20.5. The van der Waals surface area contributed by atoms with Crippen LogP contribution in [-0.4, -0.2) is 202 Å². The zero-order chi connectivity index (χ0) is 40.6. The van der Waals surface area contributed by atoms with E-state index in [9.17, 15) is 14.4 Å². The number of fused-ring (bicyclic) bond motifs is 4. The average molecular weight is 877 g/mol. The summed E-state index contributed by atoms with van der Waals surface area (Å²) in [6.45, 7) is 17.0. The fourth-order valence-electron chi connectivity index (χ4n) is 6.74. The number of carbonyl (C=O) groups is 3. The number of morpholine rings is 3. The molecule has 18 heteroatoms. The van der Waals surface area contributed by atoms with Crippen molar-refractivity contribution in [2.45, 2.75) is 26.2 Å². The summed E-state index contributed by atoms with van der Waals surface area (Å²) >= 11 is 3.12. The maximum atomic E-state index is 12.8. The standard InChI is InChI=1S/C23H35N5O5.C11H17N3O.C6H10BrNO2/c29-22(27-6-12-32-13-7-27)18-25-4-10-31-11-5-26(17-21-3-1-2-20(16-25)24-21)19-23(30)28-8-14-33-15-9-28;1-2-10-8-12-4-6-15-7-5-13-9-11(3-1)14-10;7-5-6(9)8-1-3-10-4-2-8/h1-3H,4-19H2;1-3,12-13H,4-9H2;1-5H2. The van der Waals surface area contributed by atoms with Crippen molar-refractivity contribution >= 4 is 33.7 Å². The van der Waals surface area contributed by atoms with Crippen molar-refractivity contribution in [2.24, 2.45) is 0 Å². The zero-order valence-corrected chi connectivity index (χ0v) is 35.4. The Morgan fingerprint density at radius 2 is 0.845 bits per heavy atom. The topological polar surface area (TPSA) is 163 Å². The van der Waals surface area contributed by atoms with E-state index < -0.39 is 0 Å². The summed E-state index contributed by atoms with van der Waals surface area (Å²) in [6, 6.07) is 12.1. The van der Waals surface area contributed by atoms with Crippen molar-refractivity contribution in [3.63, 3.8) is 0 Å². The molecular formula is C40H62BrN9O8. The second-order valence-electron chi connectivity index (χ2n) is 14.4. The van der Waals surface area contributed by atoms with Gasteiger partial charge < -0.3 is 49.0 Å². The average Bonchev–Trinajstić information content (AvgIpc) is 3.26. The highest BCUT2D eigenvalue weighted by atomic mass is 79.9. The van der Waals surface area contributed by atoms with Crippen LogP contribution in [-0.2, 0) is 64.2 Å². The van der Waals surface area contributed by atoms with Crippen molar-refractivity contribution in [1.82, 2.24) is 45.1 Å². The molecule has 0 spiro atoms. The van der Waals surface area contributed by atoms with Gasteiger partial charge in [0.2, 0.25) is 17.7 Å². The molecule has 4 bridgehead atoms. The van der Waals surface area contributed by atoms with Gasteiger partial charge in [0.25, 0.3) is 0 Å². The highest BCUT2D eigenvalue weighted by Crippen LogP contribution is 2.11. The van der Waals surface area contributed by atoms with Crippen LogP contribution in [0.5, 0.6) is 0 Å². The number of pyridine rings is 2. The van der Waals surface area contributed by atoms with E-state index in [2.05, 4.69) is 47.4 Å². The van der Waals surface area contributed by atoms with Crippen molar-refractivity contribution < 1.29 is 38.1 Å². The Morgan fingerprint density at radius 1 is 0.500 bits per heavy atom. The molecule has 5 aliphatic rings. The Bertz CT molecular complexity index is 1430. The maximum Gasteiger partial charge on any atom is 0.236 e. The highest BCUT2D eigenvalue weighted by molar-refractivity contribution is 9.09. The first kappa shape index (κ1) is 45.9. The SMILES string of the molecule is O=C(CBr)N1CCOCC1.O=C(CN1CCOCCN(CC(=O)N2CCOCC2)Cc2cccc(n2)C1)N1CCOCC1.c1cc2nc(c1)CNCCOCCNC2. The lowest BCUT2D eigenvalue weighted by molar-refractivity contribution is -0.137. The predicted octanol–water partition coefficient (Wildman–Crippen LogP) is -0.0355. The number of nitrogens with zero attached hydrogens (tertiary/aromatic N) is 7. The molecule has 2 aromatic rings. The number of hydrogen-bond acceptors (Lipinski definition) is 14. The van der Waals surface area contributed by atoms with Gasteiger partial charge in [0.1, 0.15) is 0 Å².